The van der Waals surface area contributed by atoms with E-state index in [2.05, 4.69) is 18.8 Å². The summed E-state index contributed by atoms with van der Waals surface area (Å²) in [6, 6.07) is 0. The molecule has 2 nitrogen and oxygen atoms in total. The van der Waals surface area contributed by atoms with Gasteiger partial charge >= 0.3 is 0 Å². The van der Waals surface area contributed by atoms with E-state index in [1.807, 2.05) is 7.05 Å². The molecule has 10 heavy (non-hydrogen) atoms. The predicted molar refractivity (Wildman–Crippen MR) is 44.2 cm³/mol. The van der Waals surface area contributed by atoms with E-state index in [1.165, 1.54) is 0 Å². The van der Waals surface area contributed by atoms with Crippen LogP contribution in [0.2, 0.25) is 0 Å². The molecule has 2 heteroatoms. The number of rotatable bonds is 6. The van der Waals surface area contributed by atoms with Crippen LogP contribution in [-0.4, -0.2) is 26.8 Å². The third-order valence-corrected chi connectivity index (χ3v) is 1.08. The highest BCUT2D eigenvalue weighted by Crippen LogP contribution is 1.89. The lowest BCUT2D eigenvalue weighted by Crippen LogP contribution is -2.13. The molecule has 60 valence electrons. The Morgan fingerprint density at radius 3 is 2.80 bits per heavy atom. The Bertz CT molecular complexity index is 91.3. The van der Waals surface area contributed by atoms with E-state index in [9.17, 15) is 0 Å². The van der Waals surface area contributed by atoms with Gasteiger partial charge in [0.1, 0.15) is 0 Å². The highest BCUT2D eigenvalue weighted by atomic mass is 16.5. The zero-order valence-electron chi connectivity index (χ0n) is 6.94. The van der Waals surface area contributed by atoms with Gasteiger partial charge in [-0.15, -0.1) is 0 Å². The molecule has 0 heterocycles. The molecule has 0 atom stereocenters. The van der Waals surface area contributed by atoms with Crippen molar-refractivity contribution >= 4 is 0 Å². The molecular formula is C8H17NO. The molecule has 0 amide bonds. The summed E-state index contributed by atoms with van der Waals surface area (Å²) in [6.07, 6.45) is 1.08. The summed E-state index contributed by atoms with van der Waals surface area (Å²) in [5.74, 6) is 0. The van der Waals surface area contributed by atoms with Gasteiger partial charge in [0.25, 0.3) is 0 Å². The van der Waals surface area contributed by atoms with E-state index in [4.69, 9.17) is 4.74 Å². The summed E-state index contributed by atoms with van der Waals surface area (Å²) in [7, 11) is 1.91. The first-order valence-electron chi connectivity index (χ1n) is 3.70. The lowest BCUT2D eigenvalue weighted by molar-refractivity contribution is 0.156. The van der Waals surface area contributed by atoms with Crippen LogP contribution < -0.4 is 5.32 Å². The van der Waals surface area contributed by atoms with Crippen LogP contribution >= 0.6 is 0 Å². The molecule has 0 saturated heterocycles. The van der Waals surface area contributed by atoms with Crippen LogP contribution in [0.1, 0.15) is 13.3 Å². The molecule has 1 N–H and O–H groups in total. The minimum absolute atomic E-state index is 0.689. The third-order valence-electron chi connectivity index (χ3n) is 1.08. The zero-order chi connectivity index (χ0) is 7.82. The summed E-state index contributed by atoms with van der Waals surface area (Å²) in [5, 5.41) is 3.01. The Hall–Kier alpha value is -0.340. The molecule has 0 fully saturated rings. The molecule has 0 aliphatic heterocycles. The van der Waals surface area contributed by atoms with Crippen molar-refractivity contribution in [1.82, 2.24) is 5.32 Å². The van der Waals surface area contributed by atoms with Crippen LogP contribution in [0.5, 0.6) is 0 Å². The smallest absolute Gasteiger partial charge is 0.0686 e. The van der Waals surface area contributed by atoms with Crippen molar-refractivity contribution < 1.29 is 4.74 Å². The SMILES string of the molecule is C=C(CNC)COCCC. The van der Waals surface area contributed by atoms with Gasteiger partial charge in [0, 0.05) is 13.2 Å². The molecule has 0 spiro atoms. The van der Waals surface area contributed by atoms with Gasteiger partial charge in [-0.25, -0.2) is 0 Å². The van der Waals surface area contributed by atoms with Crippen LogP contribution in [0.3, 0.4) is 0 Å². The highest BCUT2D eigenvalue weighted by Gasteiger charge is 1.90. The van der Waals surface area contributed by atoms with Gasteiger partial charge in [-0.2, -0.15) is 0 Å². The normalized spacial score (nSPS) is 9.80. The maximum Gasteiger partial charge on any atom is 0.0686 e. The quantitative estimate of drug-likeness (QED) is 0.445. The van der Waals surface area contributed by atoms with E-state index in [0.29, 0.717) is 6.61 Å². The molecule has 0 rings (SSSR count). The van der Waals surface area contributed by atoms with Crippen LogP contribution in [0.15, 0.2) is 12.2 Å². The largest absolute Gasteiger partial charge is 0.377 e. The second kappa shape index (κ2) is 6.78. The molecule has 0 radical (unpaired) electrons. The average Bonchev–Trinajstić information content (AvgIpc) is 1.89. The van der Waals surface area contributed by atoms with Crippen molar-refractivity contribution in [2.75, 3.05) is 26.8 Å². The topological polar surface area (TPSA) is 21.3 Å². The van der Waals surface area contributed by atoms with Gasteiger partial charge in [-0.3, -0.25) is 0 Å². The van der Waals surface area contributed by atoms with Crippen LogP contribution in [-0.2, 0) is 4.74 Å². The second-order valence-corrected chi connectivity index (χ2v) is 2.33. The lowest BCUT2D eigenvalue weighted by Gasteiger charge is -2.04. The minimum atomic E-state index is 0.689. The van der Waals surface area contributed by atoms with Gasteiger partial charge in [0.2, 0.25) is 0 Å². The molecule has 0 unspecified atom stereocenters. The first kappa shape index (κ1) is 9.66. The van der Waals surface area contributed by atoms with Crippen molar-refractivity contribution in [1.29, 1.82) is 0 Å². The maximum absolute atomic E-state index is 5.26. The van der Waals surface area contributed by atoms with Gasteiger partial charge in [-0.1, -0.05) is 13.5 Å². The number of hydrogen-bond acceptors (Lipinski definition) is 2. The second-order valence-electron chi connectivity index (χ2n) is 2.33. The molecule has 0 bridgehead atoms. The Kier molecular flexibility index (Phi) is 6.55. The van der Waals surface area contributed by atoms with E-state index < -0.39 is 0 Å². The molecule has 0 saturated carbocycles. The van der Waals surface area contributed by atoms with E-state index in [1.54, 1.807) is 0 Å². The molecule has 0 aliphatic rings. The molecule has 0 aliphatic carbocycles. The van der Waals surface area contributed by atoms with E-state index in [-0.39, 0.29) is 0 Å². The van der Waals surface area contributed by atoms with Crippen LogP contribution in [0.25, 0.3) is 0 Å². The van der Waals surface area contributed by atoms with Crippen molar-refractivity contribution in [3.05, 3.63) is 12.2 Å². The Morgan fingerprint density at radius 2 is 2.30 bits per heavy atom. The Balaban J connectivity index is 3.05. The number of hydrogen-bond donors (Lipinski definition) is 1. The minimum Gasteiger partial charge on any atom is -0.377 e. The number of likely N-dealkylation sites (N-methyl/N-ethyl adjacent to an activating group) is 1. The first-order chi connectivity index (χ1) is 4.81. The Morgan fingerprint density at radius 1 is 1.60 bits per heavy atom. The van der Waals surface area contributed by atoms with Gasteiger partial charge in [-0.05, 0) is 19.0 Å². The van der Waals surface area contributed by atoms with E-state index in [0.717, 1.165) is 25.1 Å². The lowest BCUT2D eigenvalue weighted by atomic mass is 10.3. The summed E-state index contributed by atoms with van der Waals surface area (Å²) in [6.45, 7) is 8.30. The fourth-order valence-electron chi connectivity index (χ4n) is 0.662. The molecule has 0 aromatic heterocycles. The molecular weight excluding hydrogens is 126 g/mol. The summed E-state index contributed by atoms with van der Waals surface area (Å²) in [5.41, 5.74) is 1.11. The molecule has 0 aromatic carbocycles. The summed E-state index contributed by atoms with van der Waals surface area (Å²) >= 11 is 0. The van der Waals surface area contributed by atoms with Crippen molar-refractivity contribution in [2.24, 2.45) is 0 Å². The average molecular weight is 143 g/mol. The number of ether oxygens (including phenoxy) is 1. The van der Waals surface area contributed by atoms with Crippen molar-refractivity contribution in [2.45, 2.75) is 13.3 Å². The summed E-state index contributed by atoms with van der Waals surface area (Å²) < 4.78 is 5.26. The standard InChI is InChI=1S/C8H17NO/c1-4-5-10-7-8(2)6-9-3/h9H,2,4-7H2,1,3H3. The van der Waals surface area contributed by atoms with Gasteiger partial charge in [0.05, 0.1) is 6.61 Å². The third kappa shape index (κ3) is 5.79. The van der Waals surface area contributed by atoms with Crippen LogP contribution in [0.4, 0.5) is 0 Å². The zero-order valence-corrected chi connectivity index (χ0v) is 6.94. The predicted octanol–water partition coefficient (Wildman–Crippen LogP) is 1.19. The number of nitrogens with one attached hydrogen (secondary N) is 1. The summed E-state index contributed by atoms with van der Waals surface area (Å²) in [4.78, 5) is 0. The van der Waals surface area contributed by atoms with Gasteiger partial charge < -0.3 is 10.1 Å². The fraction of sp³-hybridized carbons (Fsp3) is 0.750. The monoisotopic (exact) mass is 143 g/mol. The van der Waals surface area contributed by atoms with Crippen molar-refractivity contribution in [3.8, 4) is 0 Å². The van der Waals surface area contributed by atoms with E-state index >= 15 is 0 Å². The van der Waals surface area contributed by atoms with Crippen molar-refractivity contribution in [3.63, 3.8) is 0 Å². The van der Waals surface area contributed by atoms with Crippen LogP contribution in [0, 0.1) is 0 Å². The van der Waals surface area contributed by atoms with Gasteiger partial charge in [0.15, 0.2) is 0 Å². The highest BCUT2D eigenvalue weighted by molar-refractivity contribution is 4.96. The fourth-order valence-corrected chi connectivity index (χ4v) is 0.662. The first-order valence-corrected chi connectivity index (χ1v) is 3.70. The Labute approximate surface area is 63.3 Å². The molecule has 0 aromatic rings. The maximum atomic E-state index is 5.26.